The standard InChI is InChI=1S/C16H13N3O3/c1-3-13-17-8-7-14(18-13)22-12-6-4-5-10-9-11(16(20)21)19(2)15(10)12/h3-9H,1H2,2H3,(H,20,21). The lowest BCUT2D eigenvalue weighted by Gasteiger charge is -2.08. The van der Waals surface area contributed by atoms with Crippen LogP contribution in [0, 0.1) is 0 Å². The average Bonchev–Trinajstić information content (AvgIpc) is 2.86. The van der Waals surface area contributed by atoms with Crippen molar-refractivity contribution in [3.63, 3.8) is 0 Å². The van der Waals surface area contributed by atoms with Crippen LogP contribution in [0.4, 0.5) is 0 Å². The summed E-state index contributed by atoms with van der Waals surface area (Å²) < 4.78 is 7.38. The molecule has 0 saturated heterocycles. The molecule has 3 aromatic rings. The van der Waals surface area contributed by atoms with Crippen molar-refractivity contribution < 1.29 is 14.6 Å². The van der Waals surface area contributed by atoms with Gasteiger partial charge in [0.05, 0.1) is 5.52 Å². The van der Waals surface area contributed by atoms with Gasteiger partial charge in [0.25, 0.3) is 0 Å². The Labute approximate surface area is 126 Å². The van der Waals surface area contributed by atoms with Crippen LogP contribution in [0.1, 0.15) is 16.3 Å². The summed E-state index contributed by atoms with van der Waals surface area (Å²) in [5.41, 5.74) is 0.888. The summed E-state index contributed by atoms with van der Waals surface area (Å²) in [5, 5.41) is 10.0. The van der Waals surface area contributed by atoms with E-state index in [0.29, 0.717) is 23.0 Å². The Balaban J connectivity index is 2.10. The van der Waals surface area contributed by atoms with Gasteiger partial charge in [0.2, 0.25) is 5.88 Å². The van der Waals surface area contributed by atoms with Gasteiger partial charge in [-0.05, 0) is 18.2 Å². The maximum atomic E-state index is 11.3. The van der Waals surface area contributed by atoms with Gasteiger partial charge in [-0.15, -0.1) is 0 Å². The fourth-order valence-electron chi connectivity index (χ4n) is 2.29. The largest absolute Gasteiger partial charge is 0.477 e. The number of ether oxygens (including phenoxy) is 1. The second kappa shape index (κ2) is 5.33. The first kappa shape index (κ1) is 13.8. The number of benzene rings is 1. The SMILES string of the molecule is C=Cc1nccc(Oc2cccc3cc(C(=O)O)n(C)c23)n1. The molecule has 0 spiro atoms. The van der Waals surface area contributed by atoms with Gasteiger partial charge in [-0.2, -0.15) is 4.98 Å². The highest BCUT2D eigenvalue weighted by atomic mass is 16.5. The lowest BCUT2D eigenvalue weighted by Crippen LogP contribution is -2.04. The minimum absolute atomic E-state index is 0.195. The van der Waals surface area contributed by atoms with Crippen molar-refractivity contribution in [3.8, 4) is 11.6 Å². The lowest BCUT2D eigenvalue weighted by atomic mass is 10.2. The maximum Gasteiger partial charge on any atom is 0.352 e. The molecule has 110 valence electrons. The third kappa shape index (κ3) is 2.31. The Morgan fingerprint density at radius 2 is 2.23 bits per heavy atom. The van der Waals surface area contributed by atoms with Crippen molar-refractivity contribution in [3.05, 3.63) is 54.6 Å². The van der Waals surface area contributed by atoms with Crippen molar-refractivity contribution in [1.82, 2.24) is 14.5 Å². The molecule has 0 atom stereocenters. The summed E-state index contributed by atoms with van der Waals surface area (Å²) >= 11 is 0. The summed E-state index contributed by atoms with van der Waals surface area (Å²) in [5.74, 6) is 0.375. The molecule has 22 heavy (non-hydrogen) atoms. The molecule has 0 aliphatic rings. The van der Waals surface area contributed by atoms with Gasteiger partial charge in [0, 0.05) is 24.7 Å². The highest BCUT2D eigenvalue weighted by molar-refractivity contribution is 5.96. The number of aromatic carboxylic acids is 1. The van der Waals surface area contributed by atoms with Crippen molar-refractivity contribution in [2.24, 2.45) is 7.05 Å². The van der Waals surface area contributed by atoms with E-state index < -0.39 is 5.97 Å². The molecular formula is C16H13N3O3. The number of rotatable bonds is 4. The topological polar surface area (TPSA) is 77.2 Å². The normalized spacial score (nSPS) is 10.6. The number of fused-ring (bicyclic) bond motifs is 1. The number of aromatic nitrogens is 3. The molecule has 0 aliphatic carbocycles. The first-order chi connectivity index (χ1) is 10.6. The summed E-state index contributed by atoms with van der Waals surface area (Å²) in [7, 11) is 1.69. The van der Waals surface area contributed by atoms with Crippen LogP contribution in [-0.2, 0) is 7.05 Å². The molecule has 6 heteroatoms. The van der Waals surface area contributed by atoms with Gasteiger partial charge in [-0.3, -0.25) is 0 Å². The van der Waals surface area contributed by atoms with E-state index in [1.807, 2.05) is 6.07 Å². The van der Waals surface area contributed by atoms with E-state index in [2.05, 4.69) is 16.5 Å². The Morgan fingerprint density at radius 3 is 2.95 bits per heavy atom. The highest BCUT2D eigenvalue weighted by Crippen LogP contribution is 2.31. The van der Waals surface area contributed by atoms with Crippen LogP contribution in [0.25, 0.3) is 17.0 Å². The lowest BCUT2D eigenvalue weighted by molar-refractivity contribution is 0.0687. The van der Waals surface area contributed by atoms with Gasteiger partial charge in [0.1, 0.15) is 5.69 Å². The molecule has 6 nitrogen and oxygen atoms in total. The molecule has 1 aromatic carbocycles. The second-order valence-corrected chi connectivity index (χ2v) is 4.65. The number of carbonyl (C=O) groups is 1. The summed E-state index contributed by atoms with van der Waals surface area (Å²) in [4.78, 5) is 19.5. The van der Waals surface area contributed by atoms with E-state index in [0.717, 1.165) is 5.39 Å². The van der Waals surface area contributed by atoms with Crippen molar-refractivity contribution in [2.75, 3.05) is 0 Å². The van der Waals surface area contributed by atoms with Gasteiger partial charge < -0.3 is 14.4 Å². The van der Waals surface area contributed by atoms with Crippen LogP contribution >= 0.6 is 0 Å². The maximum absolute atomic E-state index is 11.3. The predicted octanol–water partition coefficient (Wildman–Crippen LogP) is 3.10. The number of para-hydroxylation sites is 1. The molecule has 2 aromatic heterocycles. The van der Waals surface area contributed by atoms with Gasteiger partial charge in [0.15, 0.2) is 11.6 Å². The number of carboxylic acids is 1. The van der Waals surface area contributed by atoms with Crippen molar-refractivity contribution in [1.29, 1.82) is 0 Å². The quantitative estimate of drug-likeness (QED) is 0.800. The van der Waals surface area contributed by atoms with E-state index in [9.17, 15) is 9.90 Å². The molecule has 2 heterocycles. The molecule has 0 aliphatic heterocycles. The predicted molar refractivity (Wildman–Crippen MR) is 82.1 cm³/mol. The van der Waals surface area contributed by atoms with E-state index in [4.69, 9.17) is 4.74 Å². The fraction of sp³-hybridized carbons (Fsp3) is 0.0625. The Kier molecular flexibility index (Phi) is 3.34. The zero-order chi connectivity index (χ0) is 15.7. The Bertz CT molecular complexity index is 883. The third-order valence-electron chi connectivity index (χ3n) is 3.28. The smallest absolute Gasteiger partial charge is 0.352 e. The van der Waals surface area contributed by atoms with E-state index >= 15 is 0 Å². The second-order valence-electron chi connectivity index (χ2n) is 4.65. The van der Waals surface area contributed by atoms with Crippen LogP contribution in [0.5, 0.6) is 11.6 Å². The molecular weight excluding hydrogens is 282 g/mol. The molecule has 0 amide bonds. The molecule has 0 radical (unpaired) electrons. The minimum Gasteiger partial charge on any atom is -0.477 e. The average molecular weight is 295 g/mol. The Morgan fingerprint density at radius 1 is 1.41 bits per heavy atom. The van der Waals surface area contributed by atoms with E-state index in [1.54, 1.807) is 42.1 Å². The van der Waals surface area contributed by atoms with E-state index in [-0.39, 0.29) is 5.69 Å². The van der Waals surface area contributed by atoms with Crippen LogP contribution in [0.15, 0.2) is 43.1 Å². The molecule has 1 N–H and O–H groups in total. The molecule has 0 unspecified atom stereocenters. The molecule has 0 bridgehead atoms. The molecule has 3 rings (SSSR count). The van der Waals surface area contributed by atoms with Crippen LogP contribution in [-0.4, -0.2) is 25.6 Å². The number of hydrogen-bond donors (Lipinski definition) is 1. The number of nitrogens with zero attached hydrogens (tertiary/aromatic N) is 3. The summed E-state index contributed by atoms with van der Waals surface area (Å²) in [6.45, 7) is 3.62. The van der Waals surface area contributed by atoms with Crippen molar-refractivity contribution in [2.45, 2.75) is 0 Å². The first-order valence-electron chi connectivity index (χ1n) is 6.55. The molecule has 0 saturated carbocycles. The number of carboxylic acid groups (broad SMARTS) is 1. The zero-order valence-electron chi connectivity index (χ0n) is 11.9. The molecule has 0 fully saturated rings. The van der Waals surface area contributed by atoms with Crippen LogP contribution < -0.4 is 4.74 Å². The number of hydrogen-bond acceptors (Lipinski definition) is 4. The van der Waals surface area contributed by atoms with Crippen LogP contribution in [0.2, 0.25) is 0 Å². The Hall–Kier alpha value is -3.15. The zero-order valence-corrected chi connectivity index (χ0v) is 11.9. The van der Waals surface area contributed by atoms with Gasteiger partial charge in [-0.25, -0.2) is 9.78 Å². The van der Waals surface area contributed by atoms with Gasteiger partial charge >= 0.3 is 5.97 Å². The third-order valence-corrected chi connectivity index (χ3v) is 3.28. The minimum atomic E-state index is -0.986. The summed E-state index contributed by atoms with van der Waals surface area (Å²) in [6.07, 6.45) is 3.10. The number of aryl methyl sites for hydroxylation is 1. The van der Waals surface area contributed by atoms with E-state index in [1.165, 1.54) is 6.08 Å². The first-order valence-corrected chi connectivity index (χ1v) is 6.55. The van der Waals surface area contributed by atoms with Crippen molar-refractivity contribution >= 4 is 22.9 Å². The summed E-state index contributed by atoms with van der Waals surface area (Å²) in [6, 6.07) is 8.65. The monoisotopic (exact) mass is 295 g/mol. The highest BCUT2D eigenvalue weighted by Gasteiger charge is 2.15. The van der Waals surface area contributed by atoms with Gasteiger partial charge in [-0.1, -0.05) is 18.7 Å². The van der Waals surface area contributed by atoms with Crippen LogP contribution in [0.3, 0.4) is 0 Å². The fourth-order valence-corrected chi connectivity index (χ4v) is 2.29.